The molecule has 1 aliphatic heterocycles. The van der Waals surface area contributed by atoms with Gasteiger partial charge in [-0.15, -0.1) is 0 Å². The highest BCUT2D eigenvalue weighted by Gasteiger charge is 2.26. The number of rotatable bonds is 4. The van der Waals surface area contributed by atoms with Crippen LogP contribution in [-0.4, -0.2) is 37.0 Å². The first kappa shape index (κ1) is 11.5. The van der Waals surface area contributed by atoms with Crippen LogP contribution < -0.4 is 5.32 Å². The number of nitrogens with zero attached hydrogens (tertiary/aromatic N) is 1. The zero-order valence-electron chi connectivity index (χ0n) is 9.55. The number of carbonyl (C=O) groups is 1. The van der Waals surface area contributed by atoms with Crippen LogP contribution >= 0.6 is 0 Å². The molecule has 1 fully saturated rings. The molecule has 0 aromatic rings. The van der Waals surface area contributed by atoms with Crippen LogP contribution in [0, 0.1) is 5.92 Å². The molecule has 1 N–H and O–H groups in total. The molecule has 1 saturated heterocycles. The van der Waals surface area contributed by atoms with Crippen molar-refractivity contribution in [1.82, 2.24) is 10.2 Å². The van der Waals surface area contributed by atoms with E-state index in [4.69, 9.17) is 0 Å². The summed E-state index contributed by atoms with van der Waals surface area (Å²) in [5.41, 5.74) is 0. The first-order valence-electron chi connectivity index (χ1n) is 5.64. The van der Waals surface area contributed by atoms with E-state index in [-0.39, 0.29) is 5.92 Å². The van der Waals surface area contributed by atoms with Gasteiger partial charge in [0.25, 0.3) is 0 Å². The van der Waals surface area contributed by atoms with Gasteiger partial charge in [0.05, 0.1) is 5.92 Å². The van der Waals surface area contributed by atoms with E-state index in [1.807, 2.05) is 11.9 Å². The van der Waals surface area contributed by atoms with Crippen LogP contribution in [-0.2, 0) is 4.79 Å². The van der Waals surface area contributed by atoms with Gasteiger partial charge in [-0.3, -0.25) is 4.79 Å². The summed E-state index contributed by atoms with van der Waals surface area (Å²) in [6.45, 7) is 6.14. The number of hydrogen-bond acceptors (Lipinski definition) is 2. The van der Waals surface area contributed by atoms with E-state index < -0.39 is 0 Å². The summed E-state index contributed by atoms with van der Waals surface area (Å²) in [5.74, 6) is 0.537. The van der Waals surface area contributed by atoms with Crippen molar-refractivity contribution in [2.75, 3.05) is 20.1 Å². The fourth-order valence-electron chi connectivity index (χ4n) is 1.98. The van der Waals surface area contributed by atoms with E-state index in [0.717, 1.165) is 32.4 Å². The van der Waals surface area contributed by atoms with E-state index in [9.17, 15) is 4.79 Å². The predicted molar refractivity (Wildman–Crippen MR) is 58.1 cm³/mol. The molecule has 1 aliphatic rings. The summed E-state index contributed by atoms with van der Waals surface area (Å²) in [7, 11) is 1.93. The van der Waals surface area contributed by atoms with Crippen LogP contribution in [0.2, 0.25) is 0 Å². The molecule has 0 bridgehead atoms. The second-order valence-electron chi connectivity index (χ2n) is 4.28. The van der Waals surface area contributed by atoms with Gasteiger partial charge >= 0.3 is 0 Å². The van der Waals surface area contributed by atoms with E-state index in [0.29, 0.717) is 11.9 Å². The zero-order chi connectivity index (χ0) is 10.6. The maximum absolute atomic E-state index is 11.9. The topological polar surface area (TPSA) is 32.3 Å². The van der Waals surface area contributed by atoms with Gasteiger partial charge in [-0.1, -0.05) is 13.3 Å². The van der Waals surface area contributed by atoms with E-state index in [1.54, 1.807) is 0 Å². The van der Waals surface area contributed by atoms with Crippen molar-refractivity contribution in [2.45, 2.75) is 39.2 Å². The van der Waals surface area contributed by atoms with Crippen molar-refractivity contribution in [3.8, 4) is 0 Å². The molecule has 3 nitrogen and oxygen atoms in total. The van der Waals surface area contributed by atoms with Gasteiger partial charge in [0.15, 0.2) is 0 Å². The number of carbonyl (C=O) groups excluding carboxylic acids is 1. The van der Waals surface area contributed by atoms with Gasteiger partial charge in [0.2, 0.25) is 5.91 Å². The third kappa shape index (κ3) is 2.71. The Morgan fingerprint density at radius 1 is 1.64 bits per heavy atom. The van der Waals surface area contributed by atoms with Crippen LogP contribution in [0.5, 0.6) is 0 Å². The van der Waals surface area contributed by atoms with Gasteiger partial charge < -0.3 is 10.2 Å². The molecule has 0 aromatic heterocycles. The molecule has 3 heteroatoms. The molecule has 0 saturated carbocycles. The number of amides is 1. The van der Waals surface area contributed by atoms with E-state index >= 15 is 0 Å². The highest BCUT2D eigenvalue weighted by Crippen LogP contribution is 2.14. The van der Waals surface area contributed by atoms with Crippen molar-refractivity contribution < 1.29 is 4.79 Å². The van der Waals surface area contributed by atoms with Gasteiger partial charge in [-0.05, 0) is 26.3 Å². The molecule has 0 aliphatic carbocycles. The maximum Gasteiger partial charge on any atom is 0.226 e. The summed E-state index contributed by atoms with van der Waals surface area (Å²) >= 11 is 0. The van der Waals surface area contributed by atoms with Crippen molar-refractivity contribution in [1.29, 1.82) is 0 Å². The predicted octanol–water partition coefficient (Wildman–Crippen LogP) is 1.24. The molecule has 1 rings (SSSR count). The van der Waals surface area contributed by atoms with Crippen LogP contribution in [0.3, 0.4) is 0 Å². The van der Waals surface area contributed by atoms with Gasteiger partial charge in [-0.25, -0.2) is 0 Å². The molecule has 1 heterocycles. The van der Waals surface area contributed by atoms with Gasteiger partial charge in [0.1, 0.15) is 0 Å². The Labute approximate surface area is 86.9 Å². The van der Waals surface area contributed by atoms with E-state index in [1.165, 1.54) is 0 Å². The Morgan fingerprint density at radius 2 is 2.36 bits per heavy atom. The lowest BCUT2D eigenvalue weighted by Gasteiger charge is -2.27. The molecule has 0 spiro atoms. The highest BCUT2D eigenvalue weighted by molar-refractivity contribution is 5.79. The standard InChI is InChI=1S/C11H22N2O/c1-4-5-9(2)13(3)11(14)10-6-7-12-8-10/h9-10,12H,4-8H2,1-3H3. The summed E-state index contributed by atoms with van der Waals surface area (Å²) < 4.78 is 0. The lowest BCUT2D eigenvalue weighted by Crippen LogP contribution is -2.39. The molecule has 14 heavy (non-hydrogen) atoms. The lowest BCUT2D eigenvalue weighted by molar-refractivity contribution is -0.135. The normalized spacial score (nSPS) is 23.5. The van der Waals surface area contributed by atoms with Crippen molar-refractivity contribution >= 4 is 5.91 Å². The fraction of sp³-hybridized carbons (Fsp3) is 0.909. The monoisotopic (exact) mass is 198 g/mol. The Bertz CT molecular complexity index is 188. The Kier molecular flexibility index (Phi) is 4.39. The average molecular weight is 198 g/mol. The third-order valence-corrected chi connectivity index (χ3v) is 3.12. The third-order valence-electron chi connectivity index (χ3n) is 3.12. The molecule has 2 unspecified atom stereocenters. The summed E-state index contributed by atoms with van der Waals surface area (Å²) in [5, 5.41) is 3.23. The SMILES string of the molecule is CCCC(C)N(C)C(=O)C1CCNC1. The maximum atomic E-state index is 11.9. The number of hydrogen-bond donors (Lipinski definition) is 1. The molecule has 0 radical (unpaired) electrons. The van der Waals surface area contributed by atoms with Crippen molar-refractivity contribution in [2.24, 2.45) is 5.92 Å². The minimum atomic E-state index is 0.222. The molecule has 0 aromatic carbocycles. The molecule has 1 amide bonds. The largest absolute Gasteiger partial charge is 0.343 e. The summed E-state index contributed by atoms with van der Waals surface area (Å²) in [6.07, 6.45) is 3.24. The number of nitrogens with one attached hydrogen (secondary N) is 1. The summed E-state index contributed by atoms with van der Waals surface area (Å²) in [6, 6.07) is 0.382. The second kappa shape index (κ2) is 5.35. The second-order valence-corrected chi connectivity index (χ2v) is 4.28. The first-order valence-corrected chi connectivity index (χ1v) is 5.64. The quantitative estimate of drug-likeness (QED) is 0.737. The van der Waals surface area contributed by atoms with Crippen molar-refractivity contribution in [3.63, 3.8) is 0 Å². The molecular weight excluding hydrogens is 176 g/mol. The lowest BCUT2D eigenvalue weighted by atomic mass is 10.1. The van der Waals surface area contributed by atoms with E-state index in [2.05, 4.69) is 19.2 Å². The van der Waals surface area contributed by atoms with Crippen molar-refractivity contribution in [3.05, 3.63) is 0 Å². The minimum absolute atomic E-state index is 0.222. The Morgan fingerprint density at radius 3 is 2.86 bits per heavy atom. The van der Waals surface area contributed by atoms with Crippen LogP contribution in [0.15, 0.2) is 0 Å². The minimum Gasteiger partial charge on any atom is -0.343 e. The molecule has 82 valence electrons. The Balaban J connectivity index is 2.42. The van der Waals surface area contributed by atoms with Gasteiger partial charge in [-0.2, -0.15) is 0 Å². The smallest absolute Gasteiger partial charge is 0.226 e. The van der Waals surface area contributed by atoms with Crippen LogP contribution in [0.4, 0.5) is 0 Å². The average Bonchev–Trinajstić information content (AvgIpc) is 2.68. The van der Waals surface area contributed by atoms with Gasteiger partial charge in [0, 0.05) is 19.6 Å². The zero-order valence-corrected chi connectivity index (χ0v) is 9.55. The first-order chi connectivity index (χ1) is 6.66. The fourth-order valence-corrected chi connectivity index (χ4v) is 1.98. The summed E-state index contributed by atoms with van der Waals surface area (Å²) in [4.78, 5) is 13.9. The van der Waals surface area contributed by atoms with Crippen LogP contribution in [0.25, 0.3) is 0 Å². The Hall–Kier alpha value is -0.570. The van der Waals surface area contributed by atoms with Crippen LogP contribution in [0.1, 0.15) is 33.1 Å². The molecular formula is C11H22N2O. The highest BCUT2D eigenvalue weighted by atomic mass is 16.2. The molecule has 2 atom stereocenters.